The number of benzene rings is 2. The minimum absolute atomic E-state index is 0.715. The van der Waals surface area contributed by atoms with Crippen LogP contribution in [0.1, 0.15) is 5.56 Å². The van der Waals surface area contributed by atoms with Crippen LogP contribution >= 0.6 is 0 Å². The van der Waals surface area contributed by atoms with Crippen molar-refractivity contribution in [1.82, 2.24) is 14.8 Å². The van der Waals surface area contributed by atoms with E-state index < -0.39 is 5.97 Å². The van der Waals surface area contributed by atoms with Crippen LogP contribution < -0.4 is 0 Å². The highest BCUT2D eigenvalue weighted by atomic mass is 16.4. The fourth-order valence-corrected chi connectivity index (χ4v) is 2.99. The van der Waals surface area contributed by atoms with Crippen molar-refractivity contribution in [2.45, 2.75) is 0 Å². The molecule has 0 saturated carbocycles. The second-order valence-corrected chi connectivity index (χ2v) is 6.21. The Hall–Kier alpha value is -3.99. The molecule has 0 aliphatic carbocycles. The number of nitrogens with zero attached hydrogens (tertiary/aromatic N) is 3. The molecule has 0 aliphatic rings. The molecule has 0 unspecified atom stereocenters. The van der Waals surface area contributed by atoms with Gasteiger partial charge in [0.25, 0.3) is 0 Å². The first kappa shape index (κ1) is 17.4. The van der Waals surface area contributed by atoms with E-state index in [4.69, 9.17) is 10.2 Å². The summed E-state index contributed by atoms with van der Waals surface area (Å²) in [5, 5.41) is 13.8. The Morgan fingerprint density at radius 3 is 2.46 bits per heavy atom. The summed E-state index contributed by atoms with van der Waals surface area (Å²) in [5.41, 5.74) is 5.28. The molecule has 5 nitrogen and oxygen atoms in total. The second-order valence-electron chi connectivity index (χ2n) is 6.21. The summed E-state index contributed by atoms with van der Waals surface area (Å²) in [4.78, 5) is 15.2. The number of carbonyl (C=O) groups is 1. The number of para-hydroxylation sites is 1. The first-order chi connectivity index (χ1) is 13.7. The monoisotopic (exact) mass is 367 g/mol. The molecule has 5 heteroatoms. The first-order valence-corrected chi connectivity index (χ1v) is 8.77. The SMILES string of the molecule is O=C(O)/C=C/c1cn(-c2ccccc2)nc1-c1cccc(-c2cccnc2)c1. The molecule has 28 heavy (non-hydrogen) atoms. The van der Waals surface area contributed by atoms with Crippen molar-refractivity contribution in [3.8, 4) is 28.1 Å². The van der Waals surface area contributed by atoms with E-state index in [1.807, 2.05) is 79.1 Å². The predicted octanol–water partition coefficient (Wildman–Crippen LogP) is 4.70. The molecule has 0 aliphatic heterocycles. The summed E-state index contributed by atoms with van der Waals surface area (Å²) in [6, 6.07) is 21.6. The van der Waals surface area contributed by atoms with Crippen molar-refractivity contribution >= 4 is 12.0 Å². The molecule has 2 heterocycles. The van der Waals surface area contributed by atoms with Gasteiger partial charge in [-0.1, -0.05) is 42.5 Å². The number of hydrogen-bond acceptors (Lipinski definition) is 3. The lowest BCUT2D eigenvalue weighted by atomic mass is 10.0. The van der Waals surface area contributed by atoms with Gasteiger partial charge in [0.1, 0.15) is 0 Å². The lowest BCUT2D eigenvalue weighted by Gasteiger charge is -2.05. The highest BCUT2D eigenvalue weighted by Gasteiger charge is 2.12. The van der Waals surface area contributed by atoms with Gasteiger partial charge in [0.2, 0.25) is 0 Å². The summed E-state index contributed by atoms with van der Waals surface area (Å²) in [5.74, 6) is -0.998. The van der Waals surface area contributed by atoms with Gasteiger partial charge in [-0.15, -0.1) is 0 Å². The predicted molar refractivity (Wildman–Crippen MR) is 109 cm³/mol. The average Bonchev–Trinajstić information content (AvgIpc) is 3.18. The zero-order chi connectivity index (χ0) is 19.3. The normalized spacial score (nSPS) is 11.0. The van der Waals surface area contributed by atoms with Crippen LogP contribution in [-0.2, 0) is 4.79 Å². The number of aromatic nitrogens is 3. The zero-order valence-electron chi connectivity index (χ0n) is 14.9. The van der Waals surface area contributed by atoms with Crippen LogP contribution in [0.15, 0.2) is 91.4 Å². The highest BCUT2D eigenvalue weighted by Crippen LogP contribution is 2.29. The fourth-order valence-electron chi connectivity index (χ4n) is 2.99. The minimum Gasteiger partial charge on any atom is -0.478 e. The van der Waals surface area contributed by atoms with Crippen LogP contribution in [0.4, 0.5) is 0 Å². The summed E-state index contributed by atoms with van der Waals surface area (Å²) in [7, 11) is 0. The highest BCUT2D eigenvalue weighted by molar-refractivity contribution is 5.87. The van der Waals surface area contributed by atoms with Gasteiger partial charge in [0.05, 0.1) is 11.4 Å². The first-order valence-electron chi connectivity index (χ1n) is 8.77. The smallest absolute Gasteiger partial charge is 0.328 e. The molecule has 1 N–H and O–H groups in total. The van der Waals surface area contributed by atoms with Crippen LogP contribution in [0.25, 0.3) is 34.1 Å². The molecule has 0 saturated heterocycles. The topological polar surface area (TPSA) is 68.0 Å². The lowest BCUT2D eigenvalue weighted by molar-refractivity contribution is -0.131. The third-order valence-corrected chi connectivity index (χ3v) is 4.30. The number of carboxylic acid groups (broad SMARTS) is 1. The van der Waals surface area contributed by atoms with Crippen molar-refractivity contribution in [1.29, 1.82) is 0 Å². The molecule has 136 valence electrons. The van der Waals surface area contributed by atoms with Crippen molar-refractivity contribution in [3.63, 3.8) is 0 Å². The Kier molecular flexibility index (Phi) is 4.80. The molecule has 4 aromatic rings. The summed E-state index contributed by atoms with van der Waals surface area (Å²) in [6.07, 6.45) is 8.08. The van der Waals surface area contributed by atoms with Gasteiger partial charge < -0.3 is 5.11 Å². The quantitative estimate of drug-likeness (QED) is 0.519. The van der Waals surface area contributed by atoms with E-state index >= 15 is 0 Å². The third kappa shape index (κ3) is 3.73. The molecular formula is C23H17N3O2. The second kappa shape index (κ2) is 7.72. The van der Waals surface area contributed by atoms with Crippen molar-refractivity contribution in [3.05, 3.63) is 97.0 Å². The Labute approximate surface area is 162 Å². The van der Waals surface area contributed by atoms with Crippen molar-refractivity contribution < 1.29 is 9.90 Å². The molecule has 2 aromatic carbocycles. The summed E-state index contributed by atoms with van der Waals surface area (Å²) in [6.45, 7) is 0. The maximum atomic E-state index is 11.0. The van der Waals surface area contributed by atoms with E-state index in [-0.39, 0.29) is 0 Å². The molecule has 0 amide bonds. The molecule has 0 bridgehead atoms. The molecular weight excluding hydrogens is 350 g/mol. The molecule has 0 spiro atoms. The molecule has 0 atom stereocenters. The Bertz CT molecular complexity index is 1130. The Balaban J connectivity index is 1.82. The molecule has 0 fully saturated rings. The Morgan fingerprint density at radius 2 is 1.71 bits per heavy atom. The number of aliphatic carboxylic acids is 1. The molecule has 0 radical (unpaired) electrons. The standard InChI is InChI=1S/C23H17N3O2/c27-22(28)12-11-20-16-26(21-9-2-1-3-10-21)25-23(20)18-7-4-6-17(14-18)19-8-5-13-24-15-19/h1-16H,(H,27,28)/b12-11+. The van der Waals surface area contributed by atoms with Gasteiger partial charge in [-0.25, -0.2) is 9.48 Å². The van der Waals surface area contributed by atoms with Gasteiger partial charge in [-0.2, -0.15) is 5.10 Å². The van der Waals surface area contributed by atoms with Crippen LogP contribution in [0, 0.1) is 0 Å². The number of hydrogen-bond donors (Lipinski definition) is 1. The fraction of sp³-hybridized carbons (Fsp3) is 0. The van der Waals surface area contributed by atoms with Gasteiger partial charge in [0, 0.05) is 41.4 Å². The maximum Gasteiger partial charge on any atom is 0.328 e. The summed E-state index contributed by atoms with van der Waals surface area (Å²) >= 11 is 0. The van der Waals surface area contributed by atoms with E-state index in [9.17, 15) is 4.79 Å². The maximum absolute atomic E-state index is 11.0. The van der Waals surface area contributed by atoms with Gasteiger partial charge in [0.15, 0.2) is 0 Å². The van der Waals surface area contributed by atoms with Crippen LogP contribution in [0.2, 0.25) is 0 Å². The van der Waals surface area contributed by atoms with Crippen molar-refractivity contribution in [2.75, 3.05) is 0 Å². The van der Waals surface area contributed by atoms with Gasteiger partial charge in [-0.05, 0) is 35.9 Å². The minimum atomic E-state index is -0.998. The van der Waals surface area contributed by atoms with E-state index in [0.29, 0.717) is 5.69 Å². The Morgan fingerprint density at radius 1 is 0.929 bits per heavy atom. The summed E-state index contributed by atoms with van der Waals surface area (Å²) < 4.78 is 1.76. The van der Waals surface area contributed by atoms with Crippen molar-refractivity contribution in [2.24, 2.45) is 0 Å². The van der Waals surface area contributed by atoms with Crippen LogP contribution in [-0.4, -0.2) is 25.8 Å². The zero-order valence-corrected chi connectivity index (χ0v) is 14.9. The largest absolute Gasteiger partial charge is 0.478 e. The van der Waals surface area contributed by atoms with E-state index in [2.05, 4.69) is 4.98 Å². The van der Waals surface area contributed by atoms with Crippen LogP contribution in [0.5, 0.6) is 0 Å². The van der Waals surface area contributed by atoms with E-state index in [0.717, 1.165) is 34.0 Å². The molecule has 4 rings (SSSR count). The van der Waals surface area contributed by atoms with E-state index in [1.165, 1.54) is 0 Å². The number of pyridine rings is 1. The average molecular weight is 367 g/mol. The lowest BCUT2D eigenvalue weighted by Crippen LogP contribution is -1.94. The van der Waals surface area contributed by atoms with Crippen LogP contribution in [0.3, 0.4) is 0 Å². The number of carboxylic acids is 1. The number of rotatable bonds is 5. The van der Waals surface area contributed by atoms with E-state index in [1.54, 1.807) is 17.0 Å². The van der Waals surface area contributed by atoms with Gasteiger partial charge in [-0.3, -0.25) is 4.98 Å². The third-order valence-electron chi connectivity index (χ3n) is 4.30. The molecule has 2 aromatic heterocycles. The van der Waals surface area contributed by atoms with Gasteiger partial charge >= 0.3 is 5.97 Å².